The van der Waals surface area contributed by atoms with E-state index >= 15 is 0 Å². The van der Waals surface area contributed by atoms with Gasteiger partial charge in [-0.1, -0.05) is 51.3 Å². The van der Waals surface area contributed by atoms with Crippen molar-refractivity contribution in [2.24, 2.45) is 5.92 Å². The lowest BCUT2D eigenvalue weighted by molar-refractivity contribution is 0.500. The van der Waals surface area contributed by atoms with Gasteiger partial charge in [0.15, 0.2) is 0 Å². The van der Waals surface area contributed by atoms with Crippen LogP contribution in [-0.4, -0.2) is 0 Å². The van der Waals surface area contributed by atoms with Gasteiger partial charge < -0.3 is 0 Å². The van der Waals surface area contributed by atoms with Crippen LogP contribution in [0.25, 0.3) is 0 Å². The average Bonchev–Trinajstić information content (AvgIpc) is 2.35. The first-order valence-corrected chi connectivity index (χ1v) is 7.40. The summed E-state index contributed by atoms with van der Waals surface area (Å²) in [6.07, 6.45) is 10.7. The van der Waals surface area contributed by atoms with Gasteiger partial charge in [0.2, 0.25) is 0 Å². The van der Waals surface area contributed by atoms with Crippen LogP contribution in [0, 0.1) is 5.92 Å². The largest absolute Gasteiger partial charge is 0.0654 e. The lowest BCUT2D eigenvalue weighted by Gasteiger charge is -2.22. The third kappa shape index (κ3) is 3.59. The zero-order valence-corrected chi connectivity index (χ0v) is 11.5. The van der Waals surface area contributed by atoms with E-state index in [1.54, 1.807) is 16.7 Å². The molecule has 0 heteroatoms. The lowest BCUT2D eigenvalue weighted by Crippen LogP contribution is -2.11. The summed E-state index contributed by atoms with van der Waals surface area (Å²) in [5.74, 6) is 0.887. The van der Waals surface area contributed by atoms with E-state index in [0.717, 1.165) is 5.92 Å². The molecule has 0 saturated heterocycles. The second kappa shape index (κ2) is 6.23. The van der Waals surface area contributed by atoms with E-state index in [1.165, 1.54) is 51.4 Å². The number of aryl methyl sites for hydroxylation is 2. The number of hydrogen-bond donors (Lipinski definition) is 0. The van der Waals surface area contributed by atoms with E-state index in [1.807, 2.05) is 0 Å². The Kier molecular flexibility index (Phi) is 4.65. The van der Waals surface area contributed by atoms with Gasteiger partial charge in [-0.15, -0.1) is 0 Å². The van der Waals surface area contributed by atoms with Crippen LogP contribution in [0.3, 0.4) is 0 Å². The minimum Gasteiger partial charge on any atom is -0.0654 e. The predicted molar refractivity (Wildman–Crippen MR) is 75.5 cm³/mol. The molecule has 1 aromatic rings. The molecule has 0 aliphatic heterocycles. The van der Waals surface area contributed by atoms with Crippen molar-refractivity contribution in [1.29, 1.82) is 0 Å². The summed E-state index contributed by atoms with van der Waals surface area (Å²) in [5.41, 5.74) is 4.81. The Hall–Kier alpha value is -0.780. The van der Waals surface area contributed by atoms with Gasteiger partial charge in [0.05, 0.1) is 0 Å². The van der Waals surface area contributed by atoms with Crippen molar-refractivity contribution in [3.05, 3.63) is 34.9 Å². The normalized spacial score (nSPS) is 19.1. The molecule has 0 fully saturated rings. The van der Waals surface area contributed by atoms with E-state index in [2.05, 4.69) is 32.0 Å². The highest BCUT2D eigenvalue weighted by Crippen LogP contribution is 2.26. The summed E-state index contributed by atoms with van der Waals surface area (Å²) in [6.45, 7) is 4.65. The standard InChI is InChI=1S/C17H26/c1-3-4-5-6-7-15-9-11-16-12-14(2)8-10-17(16)13-15/h9,11,13-14H,3-8,10,12H2,1-2H3/t14-/m0/s1. The van der Waals surface area contributed by atoms with Gasteiger partial charge >= 0.3 is 0 Å². The zero-order chi connectivity index (χ0) is 12.1. The Morgan fingerprint density at radius 3 is 2.82 bits per heavy atom. The molecule has 0 saturated carbocycles. The van der Waals surface area contributed by atoms with Gasteiger partial charge in [-0.05, 0) is 54.7 Å². The van der Waals surface area contributed by atoms with Gasteiger partial charge in [-0.25, -0.2) is 0 Å². The average molecular weight is 230 g/mol. The molecule has 0 bridgehead atoms. The molecule has 17 heavy (non-hydrogen) atoms. The summed E-state index contributed by atoms with van der Waals surface area (Å²) < 4.78 is 0. The van der Waals surface area contributed by atoms with Crippen LogP contribution >= 0.6 is 0 Å². The summed E-state index contributed by atoms with van der Waals surface area (Å²) in [4.78, 5) is 0. The minimum absolute atomic E-state index is 0.887. The molecule has 0 nitrogen and oxygen atoms in total. The molecule has 1 aromatic carbocycles. The van der Waals surface area contributed by atoms with Crippen molar-refractivity contribution >= 4 is 0 Å². The number of fused-ring (bicyclic) bond motifs is 1. The molecule has 1 aliphatic rings. The first kappa shape index (κ1) is 12.7. The van der Waals surface area contributed by atoms with Gasteiger partial charge in [0.25, 0.3) is 0 Å². The molecule has 0 amide bonds. The molecule has 0 heterocycles. The molecule has 0 radical (unpaired) electrons. The Morgan fingerprint density at radius 2 is 2.00 bits per heavy atom. The van der Waals surface area contributed by atoms with E-state index in [0.29, 0.717) is 0 Å². The first-order valence-electron chi connectivity index (χ1n) is 7.40. The minimum atomic E-state index is 0.887. The maximum absolute atomic E-state index is 2.48. The monoisotopic (exact) mass is 230 g/mol. The van der Waals surface area contributed by atoms with Crippen LogP contribution in [0.15, 0.2) is 18.2 Å². The van der Waals surface area contributed by atoms with Crippen LogP contribution in [0.1, 0.15) is 62.6 Å². The fourth-order valence-electron chi connectivity index (χ4n) is 2.90. The van der Waals surface area contributed by atoms with Crippen LogP contribution in [-0.2, 0) is 19.3 Å². The molecular formula is C17H26. The number of unbranched alkanes of at least 4 members (excludes halogenated alkanes) is 3. The van der Waals surface area contributed by atoms with Crippen molar-refractivity contribution in [1.82, 2.24) is 0 Å². The van der Waals surface area contributed by atoms with Crippen molar-refractivity contribution < 1.29 is 0 Å². The summed E-state index contributed by atoms with van der Waals surface area (Å²) >= 11 is 0. The molecule has 1 atom stereocenters. The molecule has 2 rings (SSSR count). The number of hydrogen-bond acceptors (Lipinski definition) is 0. The third-order valence-corrected chi connectivity index (χ3v) is 4.06. The Labute approximate surface area is 106 Å². The zero-order valence-electron chi connectivity index (χ0n) is 11.5. The molecule has 0 aromatic heterocycles. The molecule has 0 spiro atoms. The fourth-order valence-corrected chi connectivity index (χ4v) is 2.90. The molecule has 1 aliphatic carbocycles. The summed E-state index contributed by atoms with van der Waals surface area (Å²) in [5, 5.41) is 0. The third-order valence-electron chi connectivity index (χ3n) is 4.06. The lowest BCUT2D eigenvalue weighted by atomic mass is 9.84. The number of rotatable bonds is 5. The van der Waals surface area contributed by atoms with Crippen molar-refractivity contribution in [2.75, 3.05) is 0 Å². The van der Waals surface area contributed by atoms with Gasteiger partial charge in [-0.2, -0.15) is 0 Å². The van der Waals surface area contributed by atoms with Crippen molar-refractivity contribution in [2.45, 2.75) is 65.2 Å². The maximum atomic E-state index is 2.48. The van der Waals surface area contributed by atoms with Crippen LogP contribution in [0.5, 0.6) is 0 Å². The second-order valence-electron chi connectivity index (χ2n) is 5.76. The van der Waals surface area contributed by atoms with Crippen LogP contribution < -0.4 is 0 Å². The van der Waals surface area contributed by atoms with Crippen molar-refractivity contribution in [3.63, 3.8) is 0 Å². The Bertz CT molecular complexity index is 351. The van der Waals surface area contributed by atoms with E-state index in [-0.39, 0.29) is 0 Å². The quantitative estimate of drug-likeness (QED) is 0.629. The molecule has 94 valence electrons. The van der Waals surface area contributed by atoms with Crippen molar-refractivity contribution in [3.8, 4) is 0 Å². The van der Waals surface area contributed by atoms with Gasteiger partial charge in [0.1, 0.15) is 0 Å². The van der Waals surface area contributed by atoms with Gasteiger partial charge in [-0.3, -0.25) is 0 Å². The first-order chi connectivity index (χ1) is 8.29. The Balaban J connectivity index is 1.92. The fraction of sp³-hybridized carbons (Fsp3) is 0.647. The smallest absolute Gasteiger partial charge is 0.0250 e. The molecule has 0 N–H and O–H groups in total. The topological polar surface area (TPSA) is 0 Å². The molecule has 0 unspecified atom stereocenters. The second-order valence-corrected chi connectivity index (χ2v) is 5.76. The van der Waals surface area contributed by atoms with Gasteiger partial charge in [0, 0.05) is 0 Å². The van der Waals surface area contributed by atoms with Crippen LogP contribution in [0.2, 0.25) is 0 Å². The van der Waals surface area contributed by atoms with E-state index in [4.69, 9.17) is 0 Å². The maximum Gasteiger partial charge on any atom is -0.0250 e. The highest BCUT2D eigenvalue weighted by molar-refractivity contribution is 5.34. The highest BCUT2D eigenvalue weighted by Gasteiger charge is 2.14. The SMILES string of the molecule is CCCCCCc1ccc2c(c1)CC[C@H](C)C2. The number of benzene rings is 1. The predicted octanol–water partition coefficient (Wildman–Crippen LogP) is 4.93. The van der Waals surface area contributed by atoms with E-state index < -0.39 is 0 Å². The summed E-state index contributed by atoms with van der Waals surface area (Å²) in [6, 6.07) is 7.23. The van der Waals surface area contributed by atoms with E-state index in [9.17, 15) is 0 Å². The highest BCUT2D eigenvalue weighted by atomic mass is 14.2. The van der Waals surface area contributed by atoms with Crippen LogP contribution in [0.4, 0.5) is 0 Å². The summed E-state index contributed by atoms with van der Waals surface area (Å²) in [7, 11) is 0. The molecular weight excluding hydrogens is 204 g/mol. The Morgan fingerprint density at radius 1 is 1.12 bits per heavy atom.